The summed E-state index contributed by atoms with van der Waals surface area (Å²) in [6.45, 7) is 3.59. The van der Waals surface area contributed by atoms with E-state index in [-0.39, 0.29) is 18.3 Å². The van der Waals surface area contributed by atoms with Crippen LogP contribution in [0.3, 0.4) is 0 Å². The maximum Gasteiger partial charge on any atom is 0.354 e. The smallest absolute Gasteiger partial charge is 0.354 e. The number of carboxylic acid groups (broad SMARTS) is 1. The van der Waals surface area contributed by atoms with Crippen LogP contribution in [0.1, 0.15) is 29.9 Å². The number of rotatable bonds is 6. The van der Waals surface area contributed by atoms with Gasteiger partial charge in [-0.2, -0.15) is 17.4 Å². The van der Waals surface area contributed by atoms with Crippen LogP contribution in [0, 0.1) is 0 Å². The van der Waals surface area contributed by atoms with Crippen molar-refractivity contribution < 1.29 is 18.3 Å². The molecule has 0 fully saturated rings. The van der Waals surface area contributed by atoms with Gasteiger partial charge in [0, 0.05) is 25.8 Å². The highest BCUT2D eigenvalue weighted by Crippen LogP contribution is 2.04. The maximum absolute atomic E-state index is 11.8. The molecule has 0 aliphatic carbocycles. The van der Waals surface area contributed by atoms with E-state index in [1.807, 2.05) is 0 Å². The molecular weight excluding hydrogens is 270 g/mol. The van der Waals surface area contributed by atoms with Gasteiger partial charge in [-0.1, -0.05) is 6.07 Å². The van der Waals surface area contributed by atoms with Crippen molar-refractivity contribution in [3.63, 3.8) is 0 Å². The fourth-order valence-corrected chi connectivity index (χ4v) is 2.32. The third-order valence-corrected chi connectivity index (χ3v) is 4.30. The van der Waals surface area contributed by atoms with Crippen molar-refractivity contribution in [1.82, 2.24) is 14.0 Å². The molecule has 1 rings (SSSR count). The summed E-state index contributed by atoms with van der Waals surface area (Å²) in [5, 5.41) is 8.69. The molecule has 0 saturated carbocycles. The largest absolute Gasteiger partial charge is 0.477 e. The maximum atomic E-state index is 11.8. The van der Waals surface area contributed by atoms with Gasteiger partial charge in [-0.25, -0.2) is 9.78 Å². The Hall–Kier alpha value is -1.51. The Morgan fingerprint density at radius 2 is 2.11 bits per heavy atom. The molecule has 0 saturated heterocycles. The van der Waals surface area contributed by atoms with Crippen LogP contribution in [0.25, 0.3) is 0 Å². The molecule has 0 amide bonds. The van der Waals surface area contributed by atoms with Gasteiger partial charge in [0.1, 0.15) is 5.69 Å². The van der Waals surface area contributed by atoms with Crippen molar-refractivity contribution >= 4 is 16.2 Å². The van der Waals surface area contributed by atoms with Crippen LogP contribution in [-0.2, 0) is 16.8 Å². The minimum Gasteiger partial charge on any atom is -0.477 e. The van der Waals surface area contributed by atoms with E-state index in [1.165, 1.54) is 29.7 Å². The number of hydrogen-bond donors (Lipinski definition) is 2. The Morgan fingerprint density at radius 1 is 1.47 bits per heavy atom. The third kappa shape index (κ3) is 4.27. The monoisotopic (exact) mass is 287 g/mol. The lowest BCUT2D eigenvalue weighted by molar-refractivity contribution is 0.0690. The SMILES string of the molecule is CC(C)N(C)S(=O)(=O)NCc1ccc(C(=O)O)nc1. The Bertz CT molecular complexity index is 540. The molecule has 0 bridgehead atoms. The summed E-state index contributed by atoms with van der Waals surface area (Å²) >= 11 is 0. The van der Waals surface area contributed by atoms with Crippen LogP contribution in [0.2, 0.25) is 0 Å². The van der Waals surface area contributed by atoms with E-state index in [0.717, 1.165) is 0 Å². The highest BCUT2D eigenvalue weighted by atomic mass is 32.2. The molecule has 1 heterocycles. The van der Waals surface area contributed by atoms with Gasteiger partial charge in [-0.15, -0.1) is 0 Å². The summed E-state index contributed by atoms with van der Waals surface area (Å²) in [4.78, 5) is 14.3. The van der Waals surface area contributed by atoms with E-state index >= 15 is 0 Å². The first-order valence-corrected chi connectivity index (χ1v) is 7.09. The van der Waals surface area contributed by atoms with Gasteiger partial charge in [0.15, 0.2) is 0 Å². The summed E-state index contributed by atoms with van der Waals surface area (Å²) in [6.07, 6.45) is 1.33. The predicted octanol–water partition coefficient (Wildman–Crippen LogP) is 0.454. The quantitative estimate of drug-likeness (QED) is 0.791. The number of pyridine rings is 1. The highest BCUT2D eigenvalue weighted by molar-refractivity contribution is 7.87. The molecule has 0 radical (unpaired) electrons. The van der Waals surface area contributed by atoms with Crippen molar-refractivity contribution in [2.24, 2.45) is 0 Å². The molecule has 1 aromatic heterocycles. The zero-order chi connectivity index (χ0) is 14.6. The average molecular weight is 287 g/mol. The molecule has 19 heavy (non-hydrogen) atoms. The standard InChI is InChI=1S/C11H17N3O4S/c1-8(2)14(3)19(17,18)13-7-9-4-5-10(11(15)16)12-6-9/h4-6,8,13H,7H2,1-3H3,(H,15,16). The van der Waals surface area contributed by atoms with Gasteiger partial charge in [-0.3, -0.25) is 0 Å². The second kappa shape index (κ2) is 6.09. The molecule has 0 unspecified atom stereocenters. The third-order valence-electron chi connectivity index (χ3n) is 2.61. The van der Waals surface area contributed by atoms with Crippen molar-refractivity contribution in [2.75, 3.05) is 7.05 Å². The van der Waals surface area contributed by atoms with Crippen molar-refractivity contribution in [1.29, 1.82) is 0 Å². The molecule has 7 nitrogen and oxygen atoms in total. The molecule has 106 valence electrons. The van der Waals surface area contributed by atoms with E-state index in [1.54, 1.807) is 13.8 Å². The number of nitrogens with zero attached hydrogens (tertiary/aromatic N) is 2. The second-order valence-corrected chi connectivity index (χ2v) is 6.11. The summed E-state index contributed by atoms with van der Waals surface area (Å²) in [7, 11) is -2.06. The van der Waals surface area contributed by atoms with Crippen LogP contribution in [0.15, 0.2) is 18.3 Å². The average Bonchev–Trinajstić information content (AvgIpc) is 2.35. The van der Waals surface area contributed by atoms with Crippen LogP contribution >= 0.6 is 0 Å². The van der Waals surface area contributed by atoms with Crippen molar-refractivity contribution in [3.8, 4) is 0 Å². The van der Waals surface area contributed by atoms with Crippen LogP contribution < -0.4 is 4.72 Å². The Kier molecular flexibility index (Phi) is 4.98. The molecular formula is C11H17N3O4S. The van der Waals surface area contributed by atoms with Gasteiger partial charge in [0.05, 0.1) is 0 Å². The Morgan fingerprint density at radius 3 is 2.53 bits per heavy atom. The molecule has 0 atom stereocenters. The van der Waals surface area contributed by atoms with Crippen molar-refractivity contribution in [3.05, 3.63) is 29.6 Å². The second-order valence-electron chi connectivity index (χ2n) is 4.29. The zero-order valence-corrected chi connectivity index (χ0v) is 11.8. The number of aromatic carboxylic acids is 1. The van der Waals surface area contributed by atoms with Gasteiger partial charge >= 0.3 is 5.97 Å². The zero-order valence-electron chi connectivity index (χ0n) is 11.0. The van der Waals surface area contributed by atoms with E-state index in [4.69, 9.17) is 5.11 Å². The lowest BCUT2D eigenvalue weighted by Gasteiger charge is -2.21. The minimum absolute atomic E-state index is 0.0618. The lowest BCUT2D eigenvalue weighted by Crippen LogP contribution is -2.41. The normalized spacial score (nSPS) is 12.1. The number of carbonyl (C=O) groups is 1. The Balaban J connectivity index is 2.69. The molecule has 0 spiro atoms. The van der Waals surface area contributed by atoms with Gasteiger partial charge in [0.25, 0.3) is 10.2 Å². The summed E-state index contributed by atoms with van der Waals surface area (Å²) < 4.78 is 27.3. The molecule has 0 aromatic carbocycles. The van der Waals surface area contributed by atoms with Gasteiger partial charge in [-0.05, 0) is 25.5 Å². The van der Waals surface area contributed by atoms with Crippen LogP contribution in [0.4, 0.5) is 0 Å². The lowest BCUT2D eigenvalue weighted by atomic mass is 10.2. The number of hydrogen-bond acceptors (Lipinski definition) is 4. The predicted molar refractivity (Wildman–Crippen MR) is 69.9 cm³/mol. The number of carboxylic acids is 1. The molecule has 1 aromatic rings. The van der Waals surface area contributed by atoms with Crippen LogP contribution in [0.5, 0.6) is 0 Å². The summed E-state index contributed by atoms with van der Waals surface area (Å²) in [5.41, 5.74) is 0.511. The van der Waals surface area contributed by atoms with E-state index in [9.17, 15) is 13.2 Å². The van der Waals surface area contributed by atoms with E-state index in [2.05, 4.69) is 9.71 Å². The minimum atomic E-state index is -3.54. The first kappa shape index (κ1) is 15.5. The molecule has 0 aliphatic heterocycles. The number of aromatic nitrogens is 1. The summed E-state index contributed by atoms with van der Waals surface area (Å²) in [6, 6.07) is 2.71. The summed E-state index contributed by atoms with van der Waals surface area (Å²) in [5.74, 6) is -1.12. The first-order valence-electron chi connectivity index (χ1n) is 5.65. The Labute approximate surface area is 112 Å². The topological polar surface area (TPSA) is 99.6 Å². The molecule has 0 aliphatic rings. The van der Waals surface area contributed by atoms with Crippen molar-refractivity contribution in [2.45, 2.75) is 26.4 Å². The highest BCUT2D eigenvalue weighted by Gasteiger charge is 2.19. The van der Waals surface area contributed by atoms with Gasteiger partial charge < -0.3 is 5.11 Å². The molecule has 2 N–H and O–H groups in total. The molecule has 8 heteroatoms. The van der Waals surface area contributed by atoms with Gasteiger partial charge in [0.2, 0.25) is 0 Å². The first-order chi connectivity index (χ1) is 8.74. The van der Waals surface area contributed by atoms with E-state index in [0.29, 0.717) is 5.56 Å². The van der Waals surface area contributed by atoms with Crippen LogP contribution in [-0.4, -0.2) is 41.9 Å². The fourth-order valence-electron chi connectivity index (χ4n) is 1.21. The number of nitrogens with one attached hydrogen (secondary N) is 1. The van der Waals surface area contributed by atoms with E-state index < -0.39 is 16.2 Å². The fraction of sp³-hybridized carbons (Fsp3) is 0.455.